The molecule has 0 spiro atoms. The molecule has 0 bridgehead atoms. The van der Waals surface area contributed by atoms with E-state index < -0.39 is 0 Å². The smallest absolute Gasteiger partial charge is 0.159 e. The average Bonchev–Trinajstić information content (AvgIpc) is 2.71. The van der Waals surface area contributed by atoms with Gasteiger partial charge in [-0.2, -0.15) is 0 Å². The molecule has 2 aromatic carbocycles. The highest BCUT2D eigenvalue weighted by Gasteiger charge is 2.15. The molecule has 4 rings (SSSR count). The number of benzene rings is 3. The normalized spacial score (nSPS) is 12.4. The summed E-state index contributed by atoms with van der Waals surface area (Å²) < 4.78 is 6.23. The Morgan fingerprint density at radius 2 is 1.96 bits per heavy atom. The number of quaternary nitrogens is 1. The number of hydrogen-bond acceptors (Lipinski definition) is 4. The second-order valence-electron chi connectivity index (χ2n) is 6.68. The lowest BCUT2D eigenvalue weighted by atomic mass is 10.1. The van der Waals surface area contributed by atoms with Gasteiger partial charge in [0.2, 0.25) is 0 Å². The lowest BCUT2D eigenvalue weighted by Gasteiger charge is -2.10. The first-order chi connectivity index (χ1) is 13.3. The van der Waals surface area contributed by atoms with E-state index in [1.165, 1.54) is 11.1 Å². The van der Waals surface area contributed by atoms with E-state index in [4.69, 9.17) is 14.5 Å². The van der Waals surface area contributed by atoms with E-state index in [-0.39, 0.29) is 6.61 Å². The number of aliphatic hydroxyl groups is 1. The van der Waals surface area contributed by atoms with Gasteiger partial charge in [0, 0.05) is 36.1 Å². The van der Waals surface area contributed by atoms with E-state index in [9.17, 15) is 0 Å². The van der Waals surface area contributed by atoms with Crippen LogP contribution in [0.2, 0.25) is 0 Å². The molecule has 3 N–H and O–H groups in total. The number of hydrogen-bond donors (Lipinski definition) is 2. The summed E-state index contributed by atoms with van der Waals surface area (Å²) in [6.45, 7) is 3.97. The standard InChI is InChI=1S/C22H23N3O2/c1-2-10-24-19-14-21-22(17-7-4-3-6-16(17)19)25-18-9-8-15(13-20(18)27-21)23-11-5-12-26/h3-4,6-9,13-14,24,26H,2,5,10-12H2,1H3/p+1. The van der Waals surface area contributed by atoms with Gasteiger partial charge in [0.05, 0.1) is 11.9 Å². The Hall–Kier alpha value is -2.76. The fourth-order valence-corrected chi connectivity index (χ4v) is 3.32. The zero-order valence-corrected chi connectivity index (χ0v) is 15.5. The minimum absolute atomic E-state index is 0.151. The Morgan fingerprint density at radius 3 is 2.78 bits per heavy atom. The lowest BCUT2D eigenvalue weighted by Crippen LogP contribution is -2.77. The van der Waals surface area contributed by atoms with Crippen molar-refractivity contribution in [3.8, 4) is 11.5 Å². The first kappa shape index (κ1) is 17.6. The van der Waals surface area contributed by atoms with E-state index in [0.29, 0.717) is 13.0 Å². The summed E-state index contributed by atoms with van der Waals surface area (Å²) in [5.41, 5.74) is 3.68. The minimum atomic E-state index is 0.151. The van der Waals surface area contributed by atoms with Gasteiger partial charge < -0.3 is 14.8 Å². The van der Waals surface area contributed by atoms with E-state index in [0.717, 1.165) is 46.3 Å². The van der Waals surface area contributed by atoms with E-state index in [1.54, 1.807) is 0 Å². The van der Waals surface area contributed by atoms with Gasteiger partial charge in [0.25, 0.3) is 0 Å². The maximum absolute atomic E-state index is 8.92. The monoisotopic (exact) mass is 362 g/mol. The van der Waals surface area contributed by atoms with E-state index >= 15 is 0 Å². The SMILES string of the molecule is CCC[NH2+]c1cc2oc3cc(=NCCCO)ccc-3nc2c2ccccc12. The third-order valence-corrected chi connectivity index (χ3v) is 4.67. The zero-order valence-electron chi connectivity index (χ0n) is 15.5. The summed E-state index contributed by atoms with van der Waals surface area (Å²) in [5, 5.41) is 14.3. The molecule has 0 amide bonds. The zero-order chi connectivity index (χ0) is 18.6. The Balaban J connectivity index is 1.91. The minimum Gasteiger partial charge on any atom is -0.452 e. The summed E-state index contributed by atoms with van der Waals surface area (Å²) in [7, 11) is 0. The van der Waals surface area contributed by atoms with Crippen molar-refractivity contribution in [1.82, 2.24) is 4.98 Å². The Bertz CT molecular complexity index is 1120. The summed E-state index contributed by atoms with van der Waals surface area (Å²) in [4.78, 5) is 9.36. The predicted octanol–water partition coefficient (Wildman–Crippen LogP) is 2.97. The van der Waals surface area contributed by atoms with E-state index in [2.05, 4.69) is 41.5 Å². The van der Waals surface area contributed by atoms with Crippen molar-refractivity contribution >= 4 is 27.6 Å². The number of rotatable bonds is 6. The number of nitrogens with zero attached hydrogens (tertiary/aromatic N) is 2. The maximum Gasteiger partial charge on any atom is 0.159 e. The number of aliphatic hydroxyl groups excluding tert-OH is 1. The topological polar surface area (TPSA) is 75.2 Å². The predicted molar refractivity (Wildman–Crippen MR) is 107 cm³/mol. The molecule has 5 heteroatoms. The van der Waals surface area contributed by atoms with Gasteiger partial charge in [0.1, 0.15) is 16.9 Å². The second-order valence-corrected chi connectivity index (χ2v) is 6.68. The van der Waals surface area contributed by atoms with Gasteiger partial charge in [-0.25, -0.2) is 4.98 Å². The van der Waals surface area contributed by atoms with Gasteiger partial charge in [-0.1, -0.05) is 25.1 Å². The molecule has 1 aliphatic carbocycles. The first-order valence-corrected chi connectivity index (χ1v) is 9.51. The molecule has 1 heterocycles. The lowest BCUT2D eigenvalue weighted by molar-refractivity contribution is -0.569. The summed E-state index contributed by atoms with van der Waals surface area (Å²) in [5.74, 6) is 0.726. The molecule has 0 radical (unpaired) electrons. The van der Waals surface area contributed by atoms with Crippen molar-refractivity contribution in [2.24, 2.45) is 4.99 Å². The van der Waals surface area contributed by atoms with Gasteiger partial charge in [-0.15, -0.1) is 0 Å². The molecule has 0 unspecified atom stereocenters. The molecule has 0 saturated carbocycles. The number of nitrogens with two attached hydrogens (primary N) is 1. The molecule has 27 heavy (non-hydrogen) atoms. The molecule has 2 aliphatic rings. The molecule has 0 atom stereocenters. The molecular formula is C22H24N3O2+. The first-order valence-electron chi connectivity index (χ1n) is 9.51. The average molecular weight is 362 g/mol. The van der Waals surface area contributed by atoms with Crippen molar-refractivity contribution in [1.29, 1.82) is 0 Å². The van der Waals surface area contributed by atoms with Crippen molar-refractivity contribution in [3.63, 3.8) is 0 Å². The van der Waals surface area contributed by atoms with Crippen LogP contribution in [0.25, 0.3) is 33.3 Å². The van der Waals surface area contributed by atoms with Gasteiger partial charge in [-0.05, 0) is 31.0 Å². The Kier molecular flexibility index (Phi) is 5.14. The summed E-state index contributed by atoms with van der Waals surface area (Å²) in [6.07, 6.45) is 1.77. The van der Waals surface area contributed by atoms with Crippen LogP contribution >= 0.6 is 0 Å². The van der Waals surface area contributed by atoms with Crippen LogP contribution in [0.1, 0.15) is 19.8 Å². The third kappa shape index (κ3) is 3.56. The summed E-state index contributed by atoms with van der Waals surface area (Å²) in [6, 6.07) is 16.3. The van der Waals surface area contributed by atoms with Crippen molar-refractivity contribution in [3.05, 3.63) is 53.9 Å². The fraction of sp³-hybridized carbons (Fsp3) is 0.273. The van der Waals surface area contributed by atoms with Crippen LogP contribution in [0.3, 0.4) is 0 Å². The highest BCUT2D eigenvalue weighted by molar-refractivity contribution is 6.08. The molecule has 0 aromatic heterocycles. The number of aromatic nitrogens is 1. The van der Waals surface area contributed by atoms with Gasteiger partial charge in [-0.3, -0.25) is 4.99 Å². The maximum atomic E-state index is 8.92. The largest absolute Gasteiger partial charge is 0.452 e. The molecule has 0 fully saturated rings. The van der Waals surface area contributed by atoms with Crippen LogP contribution < -0.4 is 10.7 Å². The van der Waals surface area contributed by atoms with Crippen LogP contribution in [0.15, 0.2) is 57.9 Å². The van der Waals surface area contributed by atoms with Gasteiger partial charge in [0.15, 0.2) is 11.3 Å². The fourth-order valence-electron chi connectivity index (χ4n) is 3.32. The number of fused-ring (bicyclic) bond motifs is 4. The van der Waals surface area contributed by atoms with Gasteiger partial charge >= 0.3 is 0 Å². The van der Waals surface area contributed by atoms with Crippen molar-refractivity contribution in [2.75, 3.05) is 19.7 Å². The molecule has 5 nitrogen and oxygen atoms in total. The van der Waals surface area contributed by atoms with Crippen molar-refractivity contribution in [2.45, 2.75) is 19.8 Å². The summed E-state index contributed by atoms with van der Waals surface area (Å²) >= 11 is 0. The quantitative estimate of drug-likeness (QED) is 0.240. The van der Waals surface area contributed by atoms with Crippen molar-refractivity contribution < 1.29 is 14.8 Å². The second kappa shape index (κ2) is 7.86. The molecule has 2 aromatic rings. The van der Waals surface area contributed by atoms with Crippen LogP contribution in [0.5, 0.6) is 0 Å². The Labute approximate surface area is 157 Å². The molecule has 138 valence electrons. The van der Waals surface area contributed by atoms with E-state index in [1.807, 2.05) is 24.3 Å². The van der Waals surface area contributed by atoms with Crippen LogP contribution in [-0.2, 0) is 0 Å². The third-order valence-electron chi connectivity index (χ3n) is 4.67. The van der Waals surface area contributed by atoms with Crippen LogP contribution in [-0.4, -0.2) is 29.8 Å². The highest BCUT2D eigenvalue weighted by atomic mass is 16.3. The highest BCUT2D eigenvalue weighted by Crippen LogP contribution is 2.32. The molecule has 0 saturated heterocycles. The van der Waals surface area contributed by atoms with Crippen LogP contribution in [0.4, 0.5) is 5.69 Å². The molecular weight excluding hydrogens is 338 g/mol. The van der Waals surface area contributed by atoms with Crippen LogP contribution in [0, 0.1) is 0 Å². The molecule has 1 aliphatic heterocycles. The Morgan fingerprint density at radius 1 is 1.11 bits per heavy atom.